The zero-order chi connectivity index (χ0) is 19.0. The van der Waals surface area contributed by atoms with Crippen molar-refractivity contribution >= 4 is 15.7 Å². The van der Waals surface area contributed by atoms with Crippen LogP contribution in [-0.2, 0) is 23.1 Å². The van der Waals surface area contributed by atoms with Gasteiger partial charge in [0.2, 0.25) is 10.0 Å². The molecule has 0 spiro atoms. The maximum absolute atomic E-state index is 11.5. The zero-order valence-corrected chi connectivity index (χ0v) is 15.1. The molecule has 0 unspecified atom stereocenters. The molecule has 9 heteroatoms. The molecule has 0 amide bonds. The Hall–Kier alpha value is -3.22. The van der Waals surface area contributed by atoms with E-state index in [1.54, 1.807) is 6.07 Å². The Balaban J connectivity index is 1.67. The second-order valence-electron chi connectivity index (χ2n) is 6.21. The molecule has 3 aromatic rings. The SMILES string of the molecule is N#Cc1cc(S(N)(=O)=O)ccc1N1CCn2c(nnc2-c2ccccc2)C1. The van der Waals surface area contributed by atoms with Crippen LogP contribution in [0.25, 0.3) is 11.4 Å². The highest BCUT2D eigenvalue weighted by atomic mass is 32.2. The summed E-state index contributed by atoms with van der Waals surface area (Å²) >= 11 is 0. The minimum absolute atomic E-state index is 0.0747. The molecule has 4 rings (SSSR count). The summed E-state index contributed by atoms with van der Waals surface area (Å²) in [5.41, 5.74) is 1.91. The summed E-state index contributed by atoms with van der Waals surface area (Å²) in [4.78, 5) is 1.92. The van der Waals surface area contributed by atoms with Crippen LogP contribution in [0.1, 0.15) is 11.4 Å². The van der Waals surface area contributed by atoms with E-state index in [2.05, 4.69) is 20.8 Å². The number of anilines is 1. The summed E-state index contributed by atoms with van der Waals surface area (Å²) in [5, 5.41) is 23.2. The second-order valence-corrected chi connectivity index (χ2v) is 7.78. The number of hydrogen-bond donors (Lipinski definition) is 1. The number of hydrogen-bond acceptors (Lipinski definition) is 6. The van der Waals surface area contributed by atoms with Crippen LogP contribution in [0.15, 0.2) is 53.4 Å². The van der Waals surface area contributed by atoms with Crippen molar-refractivity contribution in [3.05, 3.63) is 59.9 Å². The molecule has 1 aromatic heterocycles. The summed E-state index contributed by atoms with van der Waals surface area (Å²) in [7, 11) is -3.85. The predicted molar refractivity (Wildman–Crippen MR) is 99.0 cm³/mol. The third-order valence-electron chi connectivity index (χ3n) is 4.54. The number of primary sulfonamides is 1. The second kappa shape index (κ2) is 6.50. The monoisotopic (exact) mass is 380 g/mol. The number of fused-ring (bicyclic) bond motifs is 1. The molecule has 1 aliphatic rings. The Bertz CT molecular complexity index is 1150. The molecule has 1 aliphatic heterocycles. The van der Waals surface area contributed by atoms with E-state index in [4.69, 9.17) is 5.14 Å². The van der Waals surface area contributed by atoms with Crippen molar-refractivity contribution in [1.29, 1.82) is 5.26 Å². The fourth-order valence-corrected chi connectivity index (χ4v) is 3.76. The fourth-order valence-electron chi connectivity index (χ4n) is 3.22. The topological polar surface area (TPSA) is 118 Å². The summed E-state index contributed by atoms with van der Waals surface area (Å²) in [5.74, 6) is 1.61. The van der Waals surface area contributed by atoms with Gasteiger partial charge in [-0.2, -0.15) is 5.26 Å². The maximum atomic E-state index is 11.5. The number of benzene rings is 2. The Morgan fingerprint density at radius 2 is 1.85 bits per heavy atom. The maximum Gasteiger partial charge on any atom is 0.238 e. The van der Waals surface area contributed by atoms with Gasteiger partial charge >= 0.3 is 0 Å². The number of nitrogens with zero attached hydrogens (tertiary/aromatic N) is 5. The summed E-state index contributed by atoms with van der Waals surface area (Å²) in [6, 6.07) is 16.2. The van der Waals surface area contributed by atoms with E-state index in [1.165, 1.54) is 12.1 Å². The third kappa shape index (κ3) is 3.16. The normalized spacial score (nSPS) is 13.9. The van der Waals surface area contributed by atoms with Gasteiger partial charge in [0, 0.05) is 18.7 Å². The molecular weight excluding hydrogens is 364 g/mol. The molecule has 2 N–H and O–H groups in total. The standard InChI is InChI=1S/C18H16N6O2S/c19-11-14-10-15(27(20,25)26)6-7-16(14)23-8-9-24-17(12-23)21-22-18(24)13-4-2-1-3-5-13/h1-7,10H,8-9,12H2,(H2,20,25,26). The molecule has 0 aliphatic carbocycles. The van der Waals surface area contributed by atoms with Gasteiger partial charge in [-0.1, -0.05) is 30.3 Å². The van der Waals surface area contributed by atoms with Gasteiger partial charge in [-0.25, -0.2) is 13.6 Å². The van der Waals surface area contributed by atoms with Gasteiger partial charge in [0.25, 0.3) is 0 Å². The molecule has 0 fully saturated rings. The van der Waals surface area contributed by atoms with Crippen LogP contribution in [0.2, 0.25) is 0 Å². The van der Waals surface area contributed by atoms with E-state index in [9.17, 15) is 13.7 Å². The van der Waals surface area contributed by atoms with Gasteiger partial charge in [0.1, 0.15) is 6.07 Å². The van der Waals surface area contributed by atoms with Crippen LogP contribution in [-0.4, -0.2) is 29.7 Å². The molecular formula is C18H16N6O2S. The van der Waals surface area contributed by atoms with Crippen molar-refractivity contribution in [2.24, 2.45) is 5.14 Å². The van der Waals surface area contributed by atoms with Gasteiger partial charge < -0.3 is 9.47 Å². The zero-order valence-electron chi connectivity index (χ0n) is 14.3. The van der Waals surface area contributed by atoms with Crippen molar-refractivity contribution in [2.45, 2.75) is 18.0 Å². The minimum Gasteiger partial charge on any atom is -0.361 e. The van der Waals surface area contributed by atoms with E-state index in [0.29, 0.717) is 25.3 Å². The van der Waals surface area contributed by atoms with Gasteiger partial charge in [-0.3, -0.25) is 0 Å². The molecule has 0 atom stereocenters. The first-order chi connectivity index (χ1) is 13.0. The van der Waals surface area contributed by atoms with E-state index in [-0.39, 0.29) is 10.5 Å². The van der Waals surface area contributed by atoms with E-state index in [0.717, 1.165) is 17.2 Å². The number of sulfonamides is 1. The lowest BCUT2D eigenvalue weighted by molar-refractivity contribution is 0.563. The molecule has 2 aromatic carbocycles. The van der Waals surface area contributed by atoms with Crippen molar-refractivity contribution < 1.29 is 8.42 Å². The van der Waals surface area contributed by atoms with Crippen molar-refractivity contribution in [3.63, 3.8) is 0 Å². The quantitative estimate of drug-likeness (QED) is 0.735. The first-order valence-corrected chi connectivity index (χ1v) is 9.81. The molecule has 0 saturated heterocycles. The Morgan fingerprint density at radius 1 is 1.07 bits per heavy atom. The third-order valence-corrected chi connectivity index (χ3v) is 5.45. The summed E-state index contributed by atoms with van der Waals surface area (Å²) < 4.78 is 25.1. The molecule has 8 nitrogen and oxygen atoms in total. The molecule has 0 bridgehead atoms. The molecule has 0 radical (unpaired) electrons. The number of rotatable bonds is 3. The molecule has 27 heavy (non-hydrogen) atoms. The average Bonchev–Trinajstić information content (AvgIpc) is 3.10. The number of aromatic nitrogens is 3. The van der Waals surface area contributed by atoms with E-state index >= 15 is 0 Å². The Morgan fingerprint density at radius 3 is 2.56 bits per heavy atom. The first kappa shape index (κ1) is 17.2. The summed E-state index contributed by atoms with van der Waals surface area (Å²) in [6.45, 7) is 1.78. The van der Waals surface area contributed by atoms with Gasteiger partial charge in [-0.15, -0.1) is 10.2 Å². The van der Waals surface area contributed by atoms with Gasteiger partial charge in [-0.05, 0) is 18.2 Å². The lowest BCUT2D eigenvalue weighted by atomic mass is 10.1. The Kier molecular flexibility index (Phi) is 4.14. The molecule has 136 valence electrons. The van der Waals surface area contributed by atoms with Crippen molar-refractivity contribution in [3.8, 4) is 17.5 Å². The number of nitrogens with two attached hydrogens (primary N) is 1. The average molecular weight is 380 g/mol. The smallest absolute Gasteiger partial charge is 0.238 e. The first-order valence-electron chi connectivity index (χ1n) is 8.27. The minimum atomic E-state index is -3.85. The highest BCUT2D eigenvalue weighted by Gasteiger charge is 2.24. The molecule has 0 saturated carbocycles. The number of nitriles is 1. The lowest BCUT2D eigenvalue weighted by Gasteiger charge is -2.30. The van der Waals surface area contributed by atoms with E-state index in [1.807, 2.05) is 35.2 Å². The van der Waals surface area contributed by atoms with Crippen LogP contribution in [0.4, 0.5) is 5.69 Å². The van der Waals surface area contributed by atoms with Crippen LogP contribution >= 0.6 is 0 Å². The van der Waals surface area contributed by atoms with Crippen LogP contribution in [0.5, 0.6) is 0 Å². The lowest BCUT2D eigenvalue weighted by Crippen LogP contribution is -2.34. The van der Waals surface area contributed by atoms with Crippen LogP contribution in [0, 0.1) is 11.3 Å². The fraction of sp³-hybridized carbons (Fsp3) is 0.167. The largest absolute Gasteiger partial charge is 0.361 e. The predicted octanol–water partition coefficient (Wildman–Crippen LogP) is 1.48. The van der Waals surface area contributed by atoms with Gasteiger partial charge in [0.05, 0.1) is 22.7 Å². The van der Waals surface area contributed by atoms with E-state index < -0.39 is 10.0 Å². The molecule has 2 heterocycles. The van der Waals surface area contributed by atoms with Crippen LogP contribution in [0.3, 0.4) is 0 Å². The van der Waals surface area contributed by atoms with Crippen LogP contribution < -0.4 is 10.0 Å². The van der Waals surface area contributed by atoms with Crippen molar-refractivity contribution in [1.82, 2.24) is 14.8 Å². The van der Waals surface area contributed by atoms with Crippen molar-refractivity contribution in [2.75, 3.05) is 11.4 Å². The summed E-state index contributed by atoms with van der Waals surface area (Å²) in [6.07, 6.45) is 0. The highest BCUT2D eigenvalue weighted by Crippen LogP contribution is 2.28. The van der Waals surface area contributed by atoms with Gasteiger partial charge in [0.15, 0.2) is 11.6 Å². The highest BCUT2D eigenvalue weighted by molar-refractivity contribution is 7.89. The Labute approximate surface area is 156 Å².